The van der Waals surface area contributed by atoms with Crippen molar-refractivity contribution >= 4 is 65.0 Å². The normalized spacial score (nSPS) is 11.7. The van der Waals surface area contributed by atoms with Gasteiger partial charge in [-0.3, -0.25) is 0 Å². The lowest BCUT2D eigenvalue weighted by atomic mass is 10.0. The first kappa shape index (κ1) is 37.1. The molecular weight excluding hydrogens is 811 g/mol. The fourth-order valence-electron chi connectivity index (χ4n) is 9.50. The third-order valence-corrected chi connectivity index (χ3v) is 13.7. The van der Waals surface area contributed by atoms with Crippen molar-refractivity contribution in [3.05, 3.63) is 224 Å². The Balaban J connectivity index is 1.04. The van der Waals surface area contributed by atoms with Gasteiger partial charge in [0.05, 0.1) is 22.1 Å². The minimum atomic E-state index is 0.593. The highest BCUT2D eigenvalue weighted by atomic mass is 32.1. The van der Waals surface area contributed by atoms with Crippen LogP contribution >= 0.6 is 11.3 Å². The Morgan fingerprint density at radius 1 is 0.292 bits per heavy atom. The molecule has 0 spiro atoms. The molecule has 13 rings (SSSR count). The Morgan fingerprint density at radius 2 is 0.677 bits per heavy atom. The maximum atomic E-state index is 5.36. The highest BCUT2D eigenvalue weighted by Crippen LogP contribution is 2.39. The van der Waals surface area contributed by atoms with Crippen LogP contribution in [0.15, 0.2) is 224 Å². The van der Waals surface area contributed by atoms with Gasteiger partial charge in [0.2, 0.25) is 0 Å². The van der Waals surface area contributed by atoms with Gasteiger partial charge in [0.1, 0.15) is 0 Å². The summed E-state index contributed by atoms with van der Waals surface area (Å²) in [5, 5.41) is 6.07. The SMILES string of the molecule is c1ccc(-c2ccc(-c3nc(-c4ccc(-c5cc6ccccc6s5)cc4)nc(-c4cc(-n5c6ccccc6c6ccccc65)cc(-n5c6ccccc6c6ccccc65)c4)n3)cc2)cc1. The van der Waals surface area contributed by atoms with Gasteiger partial charge in [-0.25, -0.2) is 15.0 Å². The van der Waals surface area contributed by atoms with E-state index in [9.17, 15) is 0 Å². The molecule has 0 amide bonds. The number of hydrogen-bond donors (Lipinski definition) is 0. The summed E-state index contributed by atoms with van der Waals surface area (Å²) in [5.41, 5.74) is 12.7. The van der Waals surface area contributed by atoms with Gasteiger partial charge >= 0.3 is 0 Å². The number of benzene rings is 9. The van der Waals surface area contributed by atoms with Crippen LogP contribution in [0, 0.1) is 0 Å². The second-order valence-electron chi connectivity index (χ2n) is 16.5. The number of nitrogens with zero attached hydrogens (tertiary/aromatic N) is 5. The van der Waals surface area contributed by atoms with Gasteiger partial charge < -0.3 is 9.13 Å². The molecule has 0 aliphatic rings. The van der Waals surface area contributed by atoms with Gasteiger partial charge in [-0.2, -0.15) is 0 Å². The number of fused-ring (bicyclic) bond motifs is 7. The van der Waals surface area contributed by atoms with Crippen molar-refractivity contribution in [2.75, 3.05) is 0 Å². The number of hydrogen-bond acceptors (Lipinski definition) is 4. The molecule has 0 atom stereocenters. The Morgan fingerprint density at radius 3 is 1.17 bits per heavy atom. The van der Waals surface area contributed by atoms with Crippen molar-refractivity contribution in [1.82, 2.24) is 24.1 Å². The zero-order valence-electron chi connectivity index (χ0n) is 35.0. The molecule has 4 aromatic heterocycles. The summed E-state index contributed by atoms with van der Waals surface area (Å²) in [7, 11) is 0. The lowest BCUT2D eigenvalue weighted by molar-refractivity contribution is 1.07. The topological polar surface area (TPSA) is 48.5 Å². The molecule has 13 aromatic rings. The van der Waals surface area contributed by atoms with Gasteiger partial charge in [0, 0.05) is 59.2 Å². The van der Waals surface area contributed by atoms with Gasteiger partial charge in [-0.1, -0.05) is 170 Å². The summed E-state index contributed by atoms with van der Waals surface area (Å²) in [6, 6.07) is 79.9. The summed E-state index contributed by atoms with van der Waals surface area (Å²) >= 11 is 1.81. The molecule has 0 aliphatic carbocycles. The summed E-state index contributed by atoms with van der Waals surface area (Å²) in [4.78, 5) is 17.2. The fraction of sp³-hybridized carbons (Fsp3) is 0. The zero-order valence-corrected chi connectivity index (χ0v) is 35.8. The lowest BCUT2D eigenvalue weighted by Crippen LogP contribution is -2.03. The van der Waals surface area contributed by atoms with Crippen molar-refractivity contribution < 1.29 is 0 Å². The Kier molecular flexibility index (Phi) is 8.64. The second kappa shape index (κ2) is 15.1. The molecule has 0 bridgehead atoms. The molecule has 0 unspecified atom stereocenters. The monoisotopic (exact) mass is 847 g/mol. The van der Waals surface area contributed by atoms with E-state index in [0.29, 0.717) is 17.5 Å². The smallest absolute Gasteiger partial charge is 0.164 e. The predicted octanol–water partition coefficient (Wildman–Crippen LogP) is 15.6. The van der Waals surface area contributed by atoms with Crippen molar-refractivity contribution in [3.8, 4) is 67.1 Å². The highest BCUT2D eigenvalue weighted by molar-refractivity contribution is 7.22. The van der Waals surface area contributed by atoms with Gasteiger partial charge in [-0.05, 0) is 76.7 Å². The molecule has 0 saturated carbocycles. The third-order valence-electron chi connectivity index (χ3n) is 12.6. The maximum absolute atomic E-state index is 5.36. The first-order valence-corrected chi connectivity index (χ1v) is 22.7. The number of rotatable bonds is 7. The van der Waals surface area contributed by atoms with Crippen LogP contribution in [0.4, 0.5) is 0 Å². The van der Waals surface area contributed by atoms with Crippen LogP contribution in [-0.4, -0.2) is 24.1 Å². The third kappa shape index (κ3) is 6.34. The van der Waals surface area contributed by atoms with Crippen LogP contribution in [-0.2, 0) is 0 Å². The van der Waals surface area contributed by atoms with Gasteiger partial charge in [-0.15, -0.1) is 11.3 Å². The average Bonchev–Trinajstić information content (AvgIpc) is 4.07. The number of aromatic nitrogens is 5. The minimum Gasteiger partial charge on any atom is -0.309 e. The van der Waals surface area contributed by atoms with E-state index in [2.05, 4.69) is 228 Å². The molecule has 9 aromatic carbocycles. The molecular formula is C59H37N5S. The molecule has 6 heteroatoms. The Bertz CT molecular complexity index is 3660. The summed E-state index contributed by atoms with van der Waals surface area (Å²) in [6.07, 6.45) is 0. The van der Waals surface area contributed by atoms with Crippen LogP contribution < -0.4 is 0 Å². The van der Waals surface area contributed by atoms with E-state index in [1.807, 2.05) is 17.4 Å². The molecule has 4 heterocycles. The number of para-hydroxylation sites is 4. The second-order valence-corrected chi connectivity index (χ2v) is 17.5. The molecule has 0 radical (unpaired) electrons. The molecule has 304 valence electrons. The molecule has 65 heavy (non-hydrogen) atoms. The minimum absolute atomic E-state index is 0.593. The van der Waals surface area contributed by atoms with E-state index in [1.165, 1.54) is 36.5 Å². The van der Waals surface area contributed by atoms with E-state index in [0.717, 1.165) is 66.8 Å². The molecule has 0 fully saturated rings. The van der Waals surface area contributed by atoms with Crippen LogP contribution in [0.1, 0.15) is 0 Å². The van der Waals surface area contributed by atoms with Crippen LogP contribution in [0.2, 0.25) is 0 Å². The van der Waals surface area contributed by atoms with Gasteiger partial charge in [0.15, 0.2) is 17.5 Å². The van der Waals surface area contributed by atoms with Crippen LogP contribution in [0.3, 0.4) is 0 Å². The first-order chi connectivity index (χ1) is 32.2. The fourth-order valence-corrected chi connectivity index (χ4v) is 10.6. The maximum Gasteiger partial charge on any atom is 0.164 e. The molecule has 0 N–H and O–H groups in total. The summed E-state index contributed by atoms with van der Waals surface area (Å²) in [5.74, 6) is 1.81. The molecule has 0 aliphatic heterocycles. The average molecular weight is 848 g/mol. The van der Waals surface area contributed by atoms with E-state index < -0.39 is 0 Å². The highest BCUT2D eigenvalue weighted by Gasteiger charge is 2.20. The van der Waals surface area contributed by atoms with Crippen LogP contribution in [0.5, 0.6) is 0 Å². The van der Waals surface area contributed by atoms with E-state index in [4.69, 9.17) is 15.0 Å². The predicted molar refractivity (Wildman–Crippen MR) is 271 cm³/mol. The van der Waals surface area contributed by atoms with Crippen LogP contribution in [0.25, 0.3) is 121 Å². The first-order valence-electron chi connectivity index (χ1n) is 21.8. The number of thiophene rings is 1. The standard InChI is InChI=1S/C59H37N5S/c1-2-14-38(15-3-1)39-26-30-41(31-27-39)57-60-58(42-32-28-40(29-33-42)56-36-43-16-4-13-25-55(43)65-56)62-59(61-57)44-34-45(63-51-21-9-5-17-47(51)48-18-6-10-22-52(48)63)37-46(35-44)64-53-23-11-7-19-49(53)50-20-8-12-24-54(50)64/h1-37H. The molecule has 5 nitrogen and oxygen atoms in total. The van der Waals surface area contributed by atoms with Crippen molar-refractivity contribution in [1.29, 1.82) is 0 Å². The van der Waals surface area contributed by atoms with Crippen molar-refractivity contribution in [2.45, 2.75) is 0 Å². The summed E-state index contributed by atoms with van der Waals surface area (Å²) < 4.78 is 6.03. The summed E-state index contributed by atoms with van der Waals surface area (Å²) in [6.45, 7) is 0. The Labute approximate surface area is 378 Å². The largest absolute Gasteiger partial charge is 0.309 e. The van der Waals surface area contributed by atoms with Crippen molar-refractivity contribution in [3.63, 3.8) is 0 Å². The zero-order chi connectivity index (χ0) is 42.8. The molecule has 0 saturated heterocycles. The Hall–Kier alpha value is -8.45. The quantitative estimate of drug-likeness (QED) is 0.161. The van der Waals surface area contributed by atoms with E-state index in [-0.39, 0.29) is 0 Å². The van der Waals surface area contributed by atoms with E-state index >= 15 is 0 Å². The van der Waals surface area contributed by atoms with Crippen molar-refractivity contribution in [2.24, 2.45) is 0 Å². The lowest BCUT2D eigenvalue weighted by Gasteiger charge is -2.16. The van der Waals surface area contributed by atoms with E-state index in [1.54, 1.807) is 0 Å². The van der Waals surface area contributed by atoms with Gasteiger partial charge in [0.25, 0.3) is 0 Å².